The number of benzene rings is 1. The number of nitrogens with zero attached hydrogens (tertiary/aromatic N) is 1. The van der Waals surface area contributed by atoms with Crippen molar-refractivity contribution in [3.63, 3.8) is 0 Å². The number of carbonyl (C=O) groups is 2. The number of likely N-dealkylation sites (tertiary alicyclic amines) is 1. The molecule has 1 aliphatic rings. The maximum absolute atomic E-state index is 12.8. The molecule has 2 atom stereocenters. The van der Waals surface area contributed by atoms with Gasteiger partial charge in [0, 0.05) is 24.8 Å². The Balaban J connectivity index is 2.42. The highest BCUT2D eigenvalue weighted by atomic mass is 32.2. The SMILES string of the molecule is CCOC(=O)C[C@H]([C@@H](/C=C/S(=O)(=O)c1ccccc1)N1CCCC1=O)[Si](C)(C)C. The van der Waals surface area contributed by atoms with Gasteiger partial charge in [-0.1, -0.05) is 43.9 Å². The number of carbonyl (C=O) groups excluding carboxylic acids is 2. The Morgan fingerprint density at radius 1 is 1.24 bits per heavy atom. The first-order valence-electron chi connectivity index (χ1n) is 9.99. The molecular weight excluding hydrogens is 406 g/mol. The zero-order valence-electron chi connectivity index (χ0n) is 17.6. The van der Waals surface area contributed by atoms with Crippen LogP contribution in [-0.4, -0.2) is 52.5 Å². The maximum atomic E-state index is 12.8. The minimum Gasteiger partial charge on any atom is -0.466 e. The number of rotatable bonds is 9. The first-order chi connectivity index (χ1) is 13.6. The van der Waals surface area contributed by atoms with Gasteiger partial charge in [-0.25, -0.2) is 8.42 Å². The third kappa shape index (κ3) is 6.27. The van der Waals surface area contributed by atoms with Gasteiger partial charge in [-0.3, -0.25) is 9.59 Å². The fraction of sp³-hybridized carbons (Fsp3) is 0.524. The highest BCUT2D eigenvalue weighted by Gasteiger charge is 2.40. The smallest absolute Gasteiger partial charge is 0.305 e. The normalized spacial score (nSPS) is 17.5. The molecule has 0 bridgehead atoms. The van der Waals surface area contributed by atoms with Crippen molar-refractivity contribution in [2.75, 3.05) is 13.2 Å². The van der Waals surface area contributed by atoms with Gasteiger partial charge >= 0.3 is 5.97 Å². The molecule has 0 saturated carbocycles. The third-order valence-electron chi connectivity index (χ3n) is 5.21. The number of hydrogen-bond acceptors (Lipinski definition) is 5. The zero-order chi connectivity index (χ0) is 21.7. The Morgan fingerprint density at radius 3 is 2.41 bits per heavy atom. The minimum absolute atomic E-state index is 0.00358. The molecule has 1 amide bonds. The number of ether oxygens (including phenoxy) is 1. The summed E-state index contributed by atoms with van der Waals surface area (Å²) in [5, 5.41) is 1.19. The molecule has 0 spiro atoms. The molecule has 8 heteroatoms. The van der Waals surface area contributed by atoms with Gasteiger partial charge in [0.15, 0.2) is 9.84 Å². The van der Waals surface area contributed by atoms with Crippen LogP contribution in [0.2, 0.25) is 25.2 Å². The lowest BCUT2D eigenvalue weighted by molar-refractivity contribution is -0.144. The van der Waals surface area contributed by atoms with E-state index in [1.807, 2.05) is 0 Å². The van der Waals surface area contributed by atoms with Crippen LogP contribution in [-0.2, 0) is 24.2 Å². The molecule has 29 heavy (non-hydrogen) atoms. The van der Waals surface area contributed by atoms with Crippen LogP contribution in [0.1, 0.15) is 26.2 Å². The van der Waals surface area contributed by atoms with Gasteiger partial charge in [-0.15, -0.1) is 0 Å². The topological polar surface area (TPSA) is 80.8 Å². The molecule has 0 N–H and O–H groups in total. The summed E-state index contributed by atoms with van der Waals surface area (Å²) >= 11 is 0. The highest BCUT2D eigenvalue weighted by Crippen LogP contribution is 2.35. The fourth-order valence-electron chi connectivity index (χ4n) is 3.65. The molecule has 6 nitrogen and oxygen atoms in total. The lowest BCUT2D eigenvalue weighted by atomic mass is 10.1. The van der Waals surface area contributed by atoms with E-state index in [0.29, 0.717) is 19.6 Å². The van der Waals surface area contributed by atoms with E-state index in [-0.39, 0.29) is 28.7 Å². The molecule has 0 aromatic heterocycles. The summed E-state index contributed by atoms with van der Waals surface area (Å²) in [6, 6.07) is 7.75. The zero-order valence-corrected chi connectivity index (χ0v) is 19.4. The average Bonchev–Trinajstić information content (AvgIpc) is 3.07. The van der Waals surface area contributed by atoms with Crippen molar-refractivity contribution < 1.29 is 22.7 Å². The van der Waals surface area contributed by atoms with Crippen molar-refractivity contribution >= 4 is 29.8 Å². The highest BCUT2D eigenvalue weighted by molar-refractivity contribution is 7.94. The van der Waals surface area contributed by atoms with Gasteiger partial charge in [0.25, 0.3) is 0 Å². The standard InChI is InChI=1S/C21H31NO5SSi/c1-5-27-21(24)16-19(29(2,3)4)18(22-14-9-12-20(22)23)13-15-28(25,26)17-10-7-6-8-11-17/h6-8,10-11,13,15,18-19H,5,9,12,14,16H2,1-4H3/b15-13+/t18-,19-/m1/s1. The summed E-state index contributed by atoms with van der Waals surface area (Å²) in [5.74, 6) is -0.306. The van der Waals surface area contributed by atoms with Crippen molar-refractivity contribution in [3.8, 4) is 0 Å². The maximum Gasteiger partial charge on any atom is 0.305 e. The summed E-state index contributed by atoms with van der Waals surface area (Å²) in [6.45, 7) is 9.01. The van der Waals surface area contributed by atoms with Crippen molar-refractivity contribution in [3.05, 3.63) is 41.8 Å². The van der Waals surface area contributed by atoms with E-state index in [0.717, 1.165) is 6.42 Å². The Hall–Kier alpha value is -1.93. The van der Waals surface area contributed by atoms with Crippen LogP contribution in [0.25, 0.3) is 0 Å². The Bertz CT molecular complexity index is 846. The Morgan fingerprint density at radius 2 is 1.90 bits per heavy atom. The van der Waals surface area contributed by atoms with Crippen LogP contribution in [0.5, 0.6) is 0 Å². The molecule has 0 aliphatic carbocycles. The van der Waals surface area contributed by atoms with Gasteiger partial charge < -0.3 is 9.64 Å². The van der Waals surface area contributed by atoms with Gasteiger partial charge in [0.2, 0.25) is 5.91 Å². The second-order valence-corrected chi connectivity index (χ2v) is 15.7. The van der Waals surface area contributed by atoms with Gasteiger partial charge in [0.1, 0.15) is 0 Å². The van der Waals surface area contributed by atoms with E-state index < -0.39 is 24.0 Å². The summed E-state index contributed by atoms with van der Waals surface area (Å²) < 4.78 is 30.7. The van der Waals surface area contributed by atoms with Crippen molar-refractivity contribution in [1.29, 1.82) is 0 Å². The van der Waals surface area contributed by atoms with E-state index in [1.165, 1.54) is 5.41 Å². The van der Waals surface area contributed by atoms with E-state index in [9.17, 15) is 18.0 Å². The third-order valence-corrected chi connectivity index (χ3v) is 9.43. The second kappa shape index (κ2) is 9.71. The molecule has 160 valence electrons. The first kappa shape index (κ1) is 23.3. The predicted molar refractivity (Wildman–Crippen MR) is 116 cm³/mol. The van der Waals surface area contributed by atoms with Crippen LogP contribution >= 0.6 is 0 Å². The fourth-order valence-corrected chi connectivity index (χ4v) is 6.81. The quantitative estimate of drug-likeness (QED) is 0.435. The predicted octanol–water partition coefficient (Wildman–Crippen LogP) is 3.63. The summed E-state index contributed by atoms with van der Waals surface area (Å²) in [6.07, 6.45) is 2.97. The minimum atomic E-state index is -3.64. The van der Waals surface area contributed by atoms with E-state index in [1.54, 1.807) is 48.2 Å². The number of sulfone groups is 1. The lowest BCUT2D eigenvalue weighted by Gasteiger charge is -2.38. The Kier molecular flexibility index (Phi) is 7.82. The van der Waals surface area contributed by atoms with Gasteiger partial charge in [-0.2, -0.15) is 0 Å². The summed E-state index contributed by atoms with van der Waals surface area (Å²) in [7, 11) is -5.59. The lowest BCUT2D eigenvalue weighted by Crippen LogP contribution is -2.47. The van der Waals surface area contributed by atoms with E-state index >= 15 is 0 Å². The molecule has 1 saturated heterocycles. The Labute approximate surface area is 174 Å². The monoisotopic (exact) mass is 437 g/mol. The van der Waals surface area contributed by atoms with Gasteiger partial charge in [0.05, 0.1) is 25.6 Å². The number of amides is 1. The second-order valence-electron chi connectivity index (χ2n) is 8.35. The van der Waals surface area contributed by atoms with Crippen molar-refractivity contribution in [2.45, 2.75) is 62.3 Å². The van der Waals surface area contributed by atoms with E-state index in [4.69, 9.17) is 4.74 Å². The summed E-state index contributed by atoms with van der Waals surface area (Å²) in [4.78, 5) is 26.7. The molecule has 1 heterocycles. The van der Waals surface area contributed by atoms with Crippen LogP contribution in [0.3, 0.4) is 0 Å². The molecule has 0 unspecified atom stereocenters. The molecule has 0 radical (unpaired) electrons. The van der Waals surface area contributed by atoms with Crippen LogP contribution < -0.4 is 0 Å². The van der Waals surface area contributed by atoms with Crippen LogP contribution in [0, 0.1) is 0 Å². The summed E-state index contributed by atoms with van der Waals surface area (Å²) in [5.41, 5.74) is -0.147. The van der Waals surface area contributed by atoms with Crippen molar-refractivity contribution in [1.82, 2.24) is 4.90 Å². The number of hydrogen-bond donors (Lipinski definition) is 0. The molecule has 1 fully saturated rings. The molecular formula is C21H31NO5SSi. The van der Waals surface area contributed by atoms with E-state index in [2.05, 4.69) is 19.6 Å². The molecule has 1 aliphatic heterocycles. The average molecular weight is 438 g/mol. The molecule has 1 aromatic rings. The first-order valence-corrected chi connectivity index (χ1v) is 15.1. The van der Waals surface area contributed by atoms with Gasteiger partial charge in [-0.05, 0) is 31.0 Å². The number of esters is 1. The largest absolute Gasteiger partial charge is 0.466 e. The van der Waals surface area contributed by atoms with Crippen LogP contribution in [0.4, 0.5) is 0 Å². The van der Waals surface area contributed by atoms with Crippen molar-refractivity contribution in [2.24, 2.45) is 0 Å². The molecule has 1 aromatic carbocycles. The van der Waals surface area contributed by atoms with Crippen LogP contribution in [0.15, 0.2) is 46.7 Å². The molecule has 2 rings (SSSR count).